The molecule has 2 rings (SSSR count). The van der Waals surface area contributed by atoms with Gasteiger partial charge in [0.15, 0.2) is 0 Å². The Morgan fingerprint density at radius 3 is 2.43 bits per heavy atom. The van der Waals surface area contributed by atoms with Crippen molar-refractivity contribution in [2.24, 2.45) is 35.5 Å². The molecule has 2 nitrogen and oxygen atoms in total. The molecule has 136 valence electrons. The first kappa shape index (κ1) is 19.2. The van der Waals surface area contributed by atoms with Crippen molar-refractivity contribution in [3.05, 3.63) is 0 Å². The minimum absolute atomic E-state index is 0.860. The number of likely N-dealkylation sites (tertiary alicyclic amines) is 1. The molecule has 2 fully saturated rings. The summed E-state index contributed by atoms with van der Waals surface area (Å²) in [6, 6.07) is 0. The van der Waals surface area contributed by atoms with Crippen molar-refractivity contribution in [3.63, 3.8) is 0 Å². The minimum atomic E-state index is 0.860. The third-order valence-electron chi connectivity index (χ3n) is 7.04. The van der Waals surface area contributed by atoms with Crippen LogP contribution in [0.5, 0.6) is 0 Å². The van der Waals surface area contributed by atoms with E-state index >= 15 is 0 Å². The zero-order chi connectivity index (χ0) is 16.8. The summed E-state index contributed by atoms with van der Waals surface area (Å²) in [5.41, 5.74) is 0. The van der Waals surface area contributed by atoms with Gasteiger partial charge in [-0.3, -0.25) is 0 Å². The van der Waals surface area contributed by atoms with Crippen LogP contribution in [0.3, 0.4) is 0 Å². The largest absolute Gasteiger partial charge is 0.317 e. The van der Waals surface area contributed by atoms with E-state index < -0.39 is 0 Å². The molecule has 1 saturated carbocycles. The summed E-state index contributed by atoms with van der Waals surface area (Å²) < 4.78 is 0. The molecule has 1 heterocycles. The molecule has 0 amide bonds. The van der Waals surface area contributed by atoms with E-state index in [2.05, 4.69) is 44.8 Å². The fourth-order valence-electron chi connectivity index (χ4n) is 5.35. The van der Waals surface area contributed by atoms with E-state index in [-0.39, 0.29) is 0 Å². The number of fused-ring (bicyclic) bond motifs is 1. The van der Waals surface area contributed by atoms with Gasteiger partial charge in [0.2, 0.25) is 0 Å². The maximum Gasteiger partial charge on any atom is 0.00158 e. The maximum atomic E-state index is 3.59. The molecule has 1 saturated heterocycles. The average Bonchev–Trinajstić information content (AvgIpc) is 2.96. The van der Waals surface area contributed by atoms with Gasteiger partial charge in [0.05, 0.1) is 0 Å². The van der Waals surface area contributed by atoms with E-state index in [1.807, 2.05) is 0 Å². The highest BCUT2D eigenvalue weighted by Gasteiger charge is 2.45. The van der Waals surface area contributed by atoms with Crippen LogP contribution in [0.25, 0.3) is 0 Å². The van der Waals surface area contributed by atoms with Crippen molar-refractivity contribution in [2.45, 2.75) is 66.7 Å². The van der Waals surface area contributed by atoms with Crippen molar-refractivity contribution in [1.82, 2.24) is 10.2 Å². The third kappa shape index (κ3) is 4.95. The van der Waals surface area contributed by atoms with E-state index in [1.54, 1.807) is 0 Å². The second-order valence-electron chi connectivity index (χ2n) is 8.68. The molecule has 0 aromatic rings. The molecule has 23 heavy (non-hydrogen) atoms. The van der Waals surface area contributed by atoms with Crippen LogP contribution < -0.4 is 5.32 Å². The van der Waals surface area contributed by atoms with E-state index in [0.29, 0.717) is 0 Å². The number of nitrogens with zero attached hydrogens (tertiary/aromatic N) is 1. The summed E-state index contributed by atoms with van der Waals surface area (Å²) >= 11 is 0. The van der Waals surface area contributed by atoms with Gasteiger partial charge in [-0.2, -0.15) is 0 Å². The van der Waals surface area contributed by atoms with Gasteiger partial charge in [0, 0.05) is 13.1 Å². The quantitative estimate of drug-likeness (QED) is 0.621. The molecule has 6 atom stereocenters. The van der Waals surface area contributed by atoms with Crippen LogP contribution >= 0.6 is 0 Å². The van der Waals surface area contributed by atoms with Gasteiger partial charge in [-0.05, 0) is 80.8 Å². The molecule has 0 aromatic heterocycles. The summed E-state index contributed by atoms with van der Waals surface area (Å²) in [5.74, 6) is 5.63. The average molecular weight is 323 g/mol. The highest BCUT2D eigenvalue weighted by atomic mass is 15.2. The highest BCUT2D eigenvalue weighted by Crippen LogP contribution is 2.47. The predicted molar refractivity (Wildman–Crippen MR) is 102 cm³/mol. The molecule has 2 heteroatoms. The van der Waals surface area contributed by atoms with Crippen LogP contribution in [-0.2, 0) is 0 Å². The van der Waals surface area contributed by atoms with Gasteiger partial charge in [-0.25, -0.2) is 0 Å². The minimum Gasteiger partial charge on any atom is -0.317 e. The Hall–Kier alpha value is -0.0800. The normalized spacial score (nSPS) is 34.3. The van der Waals surface area contributed by atoms with Crippen molar-refractivity contribution in [1.29, 1.82) is 0 Å². The summed E-state index contributed by atoms with van der Waals surface area (Å²) in [7, 11) is 0. The lowest BCUT2D eigenvalue weighted by Gasteiger charge is -2.42. The molecule has 1 aliphatic carbocycles. The summed E-state index contributed by atoms with van der Waals surface area (Å²) in [6.45, 7) is 18.6. The monoisotopic (exact) mass is 322 g/mol. The molecule has 0 spiro atoms. The third-order valence-corrected chi connectivity index (χ3v) is 7.04. The summed E-state index contributed by atoms with van der Waals surface area (Å²) in [5, 5.41) is 3.59. The van der Waals surface area contributed by atoms with Crippen molar-refractivity contribution >= 4 is 0 Å². The van der Waals surface area contributed by atoms with Gasteiger partial charge in [-0.15, -0.1) is 0 Å². The van der Waals surface area contributed by atoms with Crippen molar-refractivity contribution < 1.29 is 0 Å². The van der Waals surface area contributed by atoms with Crippen molar-refractivity contribution in [3.8, 4) is 0 Å². The second-order valence-corrected chi connectivity index (χ2v) is 8.68. The topological polar surface area (TPSA) is 15.3 Å². The fourth-order valence-corrected chi connectivity index (χ4v) is 5.35. The Labute approximate surface area is 145 Å². The van der Waals surface area contributed by atoms with E-state index in [1.165, 1.54) is 64.8 Å². The lowest BCUT2D eigenvalue weighted by molar-refractivity contribution is 0.0763. The lowest BCUT2D eigenvalue weighted by atomic mass is 9.63. The fraction of sp³-hybridized carbons (Fsp3) is 1.00. The van der Waals surface area contributed by atoms with Crippen LogP contribution in [0.2, 0.25) is 0 Å². The Kier molecular flexibility index (Phi) is 7.88. The van der Waals surface area contributed by atoms with E-state index in [4.69, 9.17) is 0 Å². The van der Waals surface area contributed by atoms with Crippen molar-refractivity contribution in [2.75, 3.05) is 32.7 Å². The Bertz CT molecular complexity index is 330. The van der Waals surface area contributed by atoms with Gasteiger partial charge in [0.25, 0.3) is 0 Å². The molecule has 0 bridgehead atoms. The summed E-state index contributed by atoms with van der Waals surface area (Å²) in [6.07, 6.45) is 6.87. The molecular formula is C21H42N2. The molecule has 1 N–H and O–H groups in total. The Morgan fingerprint density at radius 1 is 1.00 bits per heavy atom. The molecule has 1 aliphatic heterocycles. The molecule has 0 radical (unpaired) electrons. The summed E-state index contributed by atoms with van der Waals surface area (Å²) in [4.78, 5) is 2.77. The smallest absolute Gasteiger partial charge is 0.00158 e. The predicted octanol–water partition coefficient (Wildman–Crippen LogP) is 4.65. The molecule has 0 aromatic carbocycles. The SMILES string of the molecule is CCCNCCC(C)C(C)C1CCC(C)C2CN(CCC)CC21. The first-order valence-corrected chi connectivity index (χ1v) is 10.5. The number of hydrogen-bond acceptors (Lipinski definition) is 2. The van der Waals surface area contributed by atoms with Gasteiger partial charge < -0.3 is 10.2 Å². The first-order chi connectivity index (χ1) is 11.1. The van der Waals surface area contributed by atoms with Gasteiger partial charge >= 0.3 is 0 Å². The number of rotatable bonds is 9. The Balaban J connectivity index is 1.90. The van der Waals surface area contributed by atoms with E-state index in [9.17, 15) is 0 Å². The standard InChI is InChI=1S/C21H42N2/c1-6-11-22-12-10-16(3)18(5)19-9-8-17(4)20-14-23(13-7-2)15-21(19)20/h16-22H,6-15H2,1-5H3. The molecule has 6 unspecified atom stereocenters. The van der Waals surface area contributed by atoms with Crippen LogP contribution in [-0.4, -0.2) is 37.6 Å². The van der Waals surface area contributed by atoms with Gasteiger partial charge in [-0.1, -0.05) is 41.0 Å². The van der Waals surface area contributed by atoms with Crippen LogP contribution in [0, 0.1) is 35.5 Å². The Morgan fingerprint density at radius 2 is 1.74 bits per heavy atom. The van der Waals surface area contributed by atoms with E-state index in [0.717, 1.165) is 35.5 Å². The van der Waals surface area contributed by atoms with Crippen LogP contribution in [0.4, 0.5) is 0 Å². The highest BCUT2D eigenvalue weighted by molar-refractivity contribution is 4.96. The second kappa shape index (κ2) is 9.42. The maximum absolute atomic E-state index is 3.59. The zero-order valence-corrected chi connectivity index (χ0v) is 16.5. The van der Waals surface area contributed by atoms with Crippen LogP contribution in [0.15, 0.2) is 0 Å². The first-order valence-electron chi connectivity index (χ1n) is 10.5. The van der Waals surface area contributed by atoms with Gasteiger partial charge in [0.1, 0.15) is 0 Å². The molecular weight excluding hydrogens is 280 g/mol. The number of hydrogen-bond donors (Lipinski definition) is 1. The van der Waals surface area contributed by atoms with Crippen LogP contribution in [0.1, 0.15) is 66.7 Å². The zero-order valence-electron chi connectivity index (χ0n) is 16.5. The molecule has 2 aliphatic rings. The number of nitrogens with one attached hydrogen (secondary N) is 1. The lowest BCUT2D eigenvalue weighted by Crippen LogP contribution is -2.38.